The molecule has 0 amide bonds. The summed E-state index contributed by atoms with van der Waals surface area (Å²) in [7, 11) is 3.08. The molecule has 13 heteroatoms. The highest BCUT2D eigenvalue weighted by Gasteiger charge is 2.36. The maximum Gasteiger partial charge on any atom is 0.338 e. The maximum absolute atomic E-state index is 14.0. The second-order valence-corrected chi connectivity index (χ2v) is 11.9. The maximum atomic E-state index is 14.0. The Morgan fingerprint density at radius 1 is 1.20 bits per heavy atom. The SMILES string of the molecule is COc1ccc(OC)c([C@@H]2C(C(=O)OC(C)C)=C(C)N=c3s/c(=C\c4cc(Br)c(Sc5ncccn5)o4)c(=O)n32)c1. The molecular weight excluding hydrogens is 632 g/mol. The number of furan rings is 1. The first kappa shape index (κ1) is 28.8. The lowest BCUT2D eigenvalue weighted by Crippen LogP contribution is -2.40. The average molecular weight is 658 g/mol. The van der Waals surface area contributed by atoms with E-state index in [0.717, 1.165) is 0 Å². The number of benzene rings is 1. The number of allylic oxidation sites excluding steroid dienone is 1. The van der Waals surface area contributed by atoms with E-state index < -0.39 is 12.0 Å². The first-order valence-corrected chi connectivity index (χ1v) is 14.8. The van der Waals surface area contributed by atoms with Gasteiger partial charge in [-0.05, 0) is 78.8 Å². The van der Waals surface area contributed by atoms with Crippen molar-refractivity contribution in [3.05, 3.63) is 89.5 Å². The number of carbonyl (C=O) groups is 1. The predicted molar refractivity (Wildman–Crippen MR) is 157 cm³/mol. The fraction of sp³-hybridized carbons (Fsp3) is 0.250. The van der Waals surface area contributed by atoms with Crippen LogP contribution in [0.15, 0.2) is 82.9 Å². The number of nitrogens with zero attached hydrogens (tertiary/aromatic N) is 4. The summed E-state index contributed by atoms with van der Waals surface area (Å²) in [5.41, 5.74) is 0.901. The molecule has 1 atom stereocenters. The normalized spacial score (nSPS) is 15.1. The standard InChI is InChI=1S/C28H25BrN4O6S2/c1-14(2)38-25(35)22-15(3)32-28-33(23(22)18-11-16(36-4)7-8-20(18)37-5)24(34)21(40-28)13-17-12-19(29)26(39-17)41-27-30-9-6-10-31-27/h6-14,23H,1-5H3/b21-13-/t23-/m1/s1. The van der Waals surface area contributed by atoms with Crippen LogP contribution in [0.2, 0.25) is 0 Å². The Labute approximate surface area is 251 Å². The Kier molecular flexibility index (Phi) is 8.47. The van der Waals surface area contributed by atoms with Crippen LogP contribution in [-0.2, 0) is 9.53 Å². The van der Waals surface area contributed by atoms with Crippen molar-refractivity contribution in [2.24, 2.45) is 4.99 Å². The van der Waals surface area contributed by atoms with Gasteiger partial charge in [0.2, 0.25) is 0 Å². The molecule has 41 heavy (non-hydrogen) atoms. The van der Waals surface area contributed by atoms with Crippen molar-refractivity contribution < 1.29 is 23.4 Å². The zero-order valence-corrected chi connectivity index (χ0v) is 25.9. The molecule has 1 aliphatic rings. The minimum Gasteiger partial charge on any atom is -0.497 e. The van der Waals surface area contributed by atoms with E-state index in [4.69, 9.17) is 18.6 Å². The quantitative estimate of drug-likeness (QED) is 0.199. The van der Waals surface area contributed by atoms with Crippen LogP contribution in [0.1, 0.15) is 38.1 Å². The van der Waals surface area contributed by atoms with Gasteiger partial charge >= 0.3 is 5.97 Å². The van der Waals surface area contributed by atoms with Gasteiger partial charge in [-0.1, -0.05) is 11.3 Å². The molecule has 0 saturated carbocycles. The summed E-state index contributed by atoms with van der Waals surface area (Å²) in [6.07, 6.45) is 4.57. The van der Waals surface area contributed by atoms with Crippen LogP contribution < -0.4 is 24.4 Å². The first-order valence-electron chi connectivity index (χ1n) is 12.4. The van der Waals surface area contributed by atoms with E-state index in [9.17, 15) is 9.59 Å². The summed E-state index contributed by atoms with van der Waals surface area (Å²) in [5.74, 6) is 0.910. The van der Waals surface area contributed by atoms with Crippen LogP contribution in [0.3, 0.4) is 0 Å². The third-order valence-electron chi connectivity index (χ3n) is 5.99. The summed E-state index contributed by atoms with van der Waals surface area (Å²) < 4.78 is 25.3. The molecule has 0 aliphatic carbocycles. The minimum absolute atomic E-state index is 0.242. The van der Waals surface area contributed by atoms with Crippen molar-refractivity contribution in [3.63, 3.8) is 0 Å². The summed E-state index contributed by atoms with van der Waals surface area (Å²) >= 11 is 5.96. The van der Waals surface area contributed by atoms with Gasteiger partial charge in [0.25, 0.3) is 5.56 Å². The van der Waals surface area contributed by atoms with Gasteiger partial charge in [0, 0.05) is 24.0 Å². The van der Waals surface area contributed by atoms with E-state index in [1.807, 2.05) is 0 Å². The number of fused-ring (bicyclic) bond motifs is 1. The molecule has 0 spiro atoms. The summed E-state index contributed by atoms with van der Waals surface area (Å²) in [6.45, 7) is 5.26. The van der Waals surface area contributed by atoms with Gasteiger partial charge < -0.3 is 18.6 Å². The molecule has 0 fully saturated rings. The topological polar surface area (TPSA) is 118 Å². The molecule has 212 valence electrons. The minimum atomic E-state index is -0.866. The second-order valence-electron chi connectivity index (χ2n) is 9.06. The lowest BCUT2D eigenvalue weighted by molar-refractivity contribution is -0.143. The number of methoxy groups -OCH3 is 2. The summed E-state index contributed by atoms with van der Waals surface area (Å²) in [5, 5.41) is 1.07. The number of thiazole rings is 1. The van der Waals surface area contributed by atoms with Gasteiger partial charge in [0.15, 0.2) is 15.1 Å². The lowest BCUT2D eigenvalue weighted by atomic mass is 9.94. The van der Waals surface area contributed by atoms with Crippen LogP contribution in [0, 0.1) is 0 Å². The van der Waals surface area contributed by atoms with Crippen molar-refractivity contribution in [1.82, 2.24) is 14.5 Å². The highest BCUT2D eigenvalue weighted by Crippen LogP contribution is 2.38. The Morgan fingerprint density at radius 2 is 1.95 bits per heavy atom. The predicted octanol–water partition coefficient (Wildman–Crippen LogP) is 4.50. The number of aromatic nitrogens is 3. The Hall–Kier alpha value is -3.68. The number of hydrogen-bond acceptors (Lipinski definition) is 11. The molecule has 0 bridgehead atoms. The molecule has 4 heterocycles. The van der Waals surface area contributed by atoms with Gasteiger partial charge in [-0.25, -0.2) is 19.8 Å². The number of ether oxygens (including phenoxy) is 3. The van der Waals surface area contributed by atoms with Gasteiger partial charge in [0.05, 0.1) is 40.6 Å². The highest BCUT2D eigenvalue weighted by molar-refractivity contribution is 9.10. The number of hydrogen-bond donors (Lipinski definition) is 0. The lowest BCUT2D eigenvalue weighted by Gasteiger charge is -2.26. The molecular formula is C28H25BrN4O6S2. The fourth-order valence-electron chi connectivity index (χ4n) is 4.27. The molecule has 1 aromatic carbocycles. The van der Waals surface area contributed by atoms with Crippen molar-refractivity contribution in [2.75, 3.05) is 14.2 Å². The molecule has 1 aliphatic heterocycles. The van der Waals surface area contributed by atoms with E-state index in [-0.39, 0.29) is 17.2 Å². The van der Waals surface area contributed by atoms with Gasteiger partial charge in [0.1, 0.15) is 23.3 Å². The second kappa shape index (κ2) is 12.0. The zero-order chi connectivity index (χ0) is 29.3. The largest absolute Gasteiger partial charge is 0.497 e. The molecule has 0 N–H and O–H groups in total. The number of rotatable bonds is 8. The average Bonchev–Trinajstić information content (AvgIpc) is 3.44. The van der Waals surface area contributed by atoms with Gasteiger partial charge in [-0.2, -0.15) is 0 Å². The molecule has 0 radical (unpaired) electrons. The number of halogens is 1. The van der Waals surface area contributed by atoms with Crippen molar-refractivity contribution in [2.45, 2.75) is 43.2 Å². The van der Waals surface area contributed by atoms with Crippen LogP contribution in [0.5, 0.6) is 11.5 Å². The molecule has 0 saturated heterocycles. The van der Waals surface area contributed by atoms with Crippen LogP contribution >= 0.6 is 39.0 Å². The van der Waals surface area contributed by atoms with Gasteiger partial charge in [-0.15, -0.1) is 0 Å². The van der Waals surface area contributed by atoms with E-state index in [1.54, 1.807) is 76.7 Å². The van der Waals surface area contributed by atoms with Crippen molar-refractivity contribution in [3.8, 4) is 11.5 Å². The number of carbonyl (C=O) groups excluding carboxylic acids is 1. The fourth-order valence-corrected chi connectivity index (χ4v) is 6.53. The molecule has 5 rings (SSSR count). The monoisotopic (exact) mass is 656 g/mol. The highest BCUT2D eigenvalue weighted by atomic mass is 79.9. The first-order chi connectivity index (χ1) is 19.7. The van der Waals surface area contributed by atoms with E-state index in [2.05, 4.69) is 30.9 Å². The Balaban J connectivity index is 1.66. The van der Waals surface area contributed by atoms with Gasteiger partial charge in [-0.3, -0.25) is 9.36 Å². The smallest absolute Gasteiger partial charge is 0.338 e. The zero-order valence-electron chi connectivity index (χ0n) is 22.7. The Bertz CT molecular complexity index is 1830. The van der Waals surface area contributed by atoms with E-state index in [1.165, 1.54) is 34.8 Å². The van der Waals surface area contributed by atoms with Crippen LogP contribution in [0.4, 0.5) is 0 Å². The molecule has 4 aromatic rings. The Morgan fingerprint density at radius 3 is 2.63 bits per heavy atom. The summed E-state index contributed by atoms with van der Waals surface area (Å²) in [4.78, 5) is 40.9. The van der Waals surface area contributed by atoms with Crippen LogP contribution in [-0.4, -0.2) is 40.8 Å². The van der Waals surface area contributed by atoms with Crippen molar-refractivity contribution in [1.29, 1.82) is 0 Å². The number of esters is 1. The molecule has 10 nitrogen and oxygen atoms in total. The molecule has 0 unspecified atom stereocenters. The van der Waals surface area contributed by atoms with E-state index in [0.29, 0.717) is 52.6 Å². The summed E-state index contributed by atoms with van der Waals surface area (Å²) in [6, 6.07) is 7.87. The van der Waals surface area contributed by atoms with Crippen LogP contribution in [0.25, 0.3) is 6.08 Å². The van der Waals surface area contributed by atoms with Crippen molar-refractivity contribution >= 4 is 51.1 Å². The third kappa shape index (κ3) is 5.88. The molecule has 3 aromatic heterocycles. The van der Waals surface area contributed by atoms with E-state index >= 15 is 0 Å². The third-order valence-corrected chi connectivity index (χ3v) is 8.71.